The standard InChI is InChI=1S/C17H13NO3S/c19-17(20)14-3-1-2-12(8-14)9-21-15-6-4-13(5-7-15)16-10-22-11-18-16/h1-8,10-11H,9H2,(H,19,20). The van der Waals surface area contributed by atoms with E-state index in [1.54, 1.807) is 35.0 Å². The van der Waals surface area contributed by atoms with Crippen LogP contribution in [0.1, 0.15) is 15.9 Å². The van der Waals surface area contributed by atoms with Gasteiger partial charge in [0.1, 0.15) is 12.4 Å². The van der Waals surface area contributed by atoms with Crippen LogP contribution in [0.3, 0.4) is 0 Å². The van der Waals surface area contributed by atoms with E-state index in [1.165, 1.54) is 0 Å². The summed E-state index contributed by atoms with van der Waals surface area (Å²) in [6, 6.07) is 14.4. The first kappa shape index (κ1) is 14.3. The first-order valence-electron chi connectivity index (χ1n) is 6.66. The molecule has 1 heterocycles. The maximum absolute atomic E-state index is 10.9. The van der Waals surface area contributed by atoms with Gasteiger partial charge in [-0.15, -0.1) is 11.3 Å². The third-order valence-corrected chi connectivity index (χ3v) is 3.75. The molecule has 0 spiro atoms. The third-order valence-electron chi connectivity index (χ3n) is 3.16. The fourth-order valence-electron chi connectivity index (χ4n) is 2.04. The number of ether oxygens (including phenoxy) is 1. The molecule has 0 radical (unpaired) electrons. The zero-order chi connectivity index (χ0) is 15.4. The number of carboxylic acid groups (broad SMARTS) is 1. The maximum atomic E-state index is 10.9. The van der Waals surface area contributed by atoms with Gasteiger partial charge in [0.2, 0.25) is 0 Å². The molecule has 3 aromatic rings. The van der Waals surface area contributed by atoms with E-state index in [0.29, 0.717) is 6.61 Å². The summed E-state index contributed by atoms with van der Waals surface area (Å²) in [5, 5.41) is 11.0. The molecule has 0 atom stereocenters. The van der Waals surface area contributed by atoms with Gasteiger partial charge in [0.15, 0.2) is 0 Å². The van der Waals surface area contributed by atoms with Crippen LogP contribution in [0.5, 0.6) is 5.75 Å². The molecule has 0 unspecified atom stereocenters. The summed E-state index contributed by atoms with van der Waals surface area (Å²) in [6.07, 6.45) is 0. The number of aromatic carboxylic acids is 1. The van der Waals surface area contributed by atoms with E-state index in [9.17, 15) is 4.79 Å². The summed E-state index contributed by atoms with van der Waals surface area (Å²) in [5.41, 5.74) is 4.88. The molecule has 0 aliphatic rings. The number of benzene rings is 2. The summed E-state index contributed by atoms with van der Waals surface area (Å²) in [6.45, 7) is 0.331. The molecule has 0 saturated heterocycles. The first-order valence-corrected chi connectivity index (χ1v) is 7.60. The predicted molar refractivity (Wildman–Crippen MR) is 85.3 cm³/mol. The Morgan fingerprint density at radius 3 is 2.68 bits per heavy atom. The average Bonchev–Trinajstić information content (AvgIpc) is 3.08. The van der Waals surface area contributed by atoms with Gasteiger partial charge in [0, 0.05) is 10.9 Å². The highest BCUT2D eigenvalue weighted by atomic mass is 32.1. The zero-order valence-corrected chi connectivity index (χ0v) is 12.4. The fraction of sp³-hybridized carbons (Fsp3) is 0.0588. The largest absolute Gasteiger partial charge is 0.489 e. The molecular formula is C17H13NO3S. The first-order chi connectivity index (χ1) is 10.7. The topological polar surface area (TPSA) is 59.4 Å². The highest BCUT2D eigenvalue weighted by Crippen LogP contribution is 2.22. The molecule has 0 aliphatic heterocycles. The lowest BCUT2D eigenvalue weighted by Crippen LogP contribution is -2.00. The molecule has 0 aliphatic carbocycles. The Labute approximate surface area is 131 Å². The van der Waals surface area contributed by atoms with Crippen molar-refractivity contribution < 1.29 is 14.6 Å². The predicted octanol–water partition coefficient (Wildman–Crippen LogP) is 4.09. The van der Waals surface area contributed by atoms with E-state index < -0.39 is 5.97 Å². The lowest BCUT2D eigenvalue weighted by atomic mass is 10.1. The lowest BCUT2D eigenvalue weighted by molar-refractivity contribution is 0.0696. The summed E-state index contributed by atoms with van der Waals surface area (Å²) in [7, 11) is 0. The number of carbonyl (C=O) groups is 1. The van der Waals surface area contributed by atoms with Gasteiger partial charge in [0.25, 0.3) is 0 Å². The molecule has 5 heteroatoms. The van der Waals surface area contributed by atoms with Crippen molar-refractivity contribution in [3.8, 4) is 17.0 Å². The van der Waals surface area contributed by atoms with Crippen LogP contribution in [0.4, 0.5) is 0 Å². The van der Waals surface area contributed by atoms with Crippen molar-refractivity contribution >= 4 is 17.3 Å². The quantitative estimate of drug-likeness (QED) is 0.771. The monoisotopic (exact) mass is 311 g/mol. The Balaban J connectivity index is 1.66. The molecule has 0 amide bonds. The number of hydrogen-bond acceptors (Lipinski definition) is 4. The number of rotatable bonds is 5. The SMILES string of the molecule is O=C(O)c1cccc(COc2ccc(-c3cscn3)cc2)c1. The number of hydrogen-bond donors (Lipinski definition) is 1. The van der Waals surface area contributed by atoms with Crippen molar-refractivity contribution in [2.45, 2.75) is 6.61 Å². The molecule has 3 rings (SSSR count). The fourth-order valence-corrected chi connectivity index (χ4v) is 2.60. The van der Waals surface area contributed by atoms with Crippen molar-refractivity contribution in [3.05, 3.63) is 70.5 Å². The molecule has 4 nitrogen and oxygen atoms in total. The second-order valence-corrected chi connectivity index (χ2v) is 5.41. The molecule has 0 bridgehead atoms. The van der Waals surface area contributed by atoms with E-state index in [2.05, 4.69) is 4.98 Å². The Kier molecular flexibility index (Phi) is 4.16. The second kappa shape index (κ2) is 6.41. The Morgan fingerprint density at radius 2 is 2.00 bits per heavy atom. The van der Waals surface area contributed by atoms with E-state index in [4.69, 9.17) is 9.84 Å². The Morgan fingerprint density at radius 1 is 1.18 bits per heavy atom. The molecule has 22 heavy (non-hydrogen) atoms. The van der Waals surface area contributed by atoms with Crippen LogP contribution in [0, 0.1) is 0 Å². The van der Waals surface area contributed by atoms with E-state index in [-0.39, 0.29) is 5.56 Å². The van der Waals surface area contributed by atoms with Crippen LogP contribution in [0.15, 0.2) is 59.4 Å². The van der Waals surface area contributed by atoms with Gasteiger partial charge in [0.05, 0.1) is 16.8 Å². The van der Waals surface area contributed by atoms with Crippen LogP contribution in [0.25, 0.3) is 11.3 Å². The third kappa shape index (κ3) is 3.32. The normalized spacial score (nSPS) is 10.4. The number of carboxylic acids is 1. The molecule has 0 saturated carbocycles. The molecule has 0 fully saturated rings. The Hall–Kier alpha value is -2.66. The maximum Gasteiger partial charge on any atom is 0.335 e. The van der Waals surface area contributed by atoms with Gasteiger partial charge >= 0.3 is 5.97 Å². The molecular weight excluding hydrogens is 298 g/mol. The highest BCUT2D eigenvalue weighted by molar-refractivity contribution is 7.07. The van der Waals surface area contributed by atoms with Crippen molar-refractivity contribution in [2.75, 3.05) is 0 Å². The minimum Gasteiger partial charge on any atom is -0.489 e. The van der Waals surface area contributed by atoms with Crippen LogP contribution < -0.4 is 4.74 Å². The molecule has 1 aromatic heterocycles. The molecule has 110 valence electrons. The van der Waals surface area contributed by atoms with E-state index in [1.807, 2.05) is 35.7 Å². The van der Waals surface area contributed by atoms with Gasteiger partial charge in [-0.05, 0) is 42.0 Å². The molecule has 1 N–H and O–H groups in total. The highest BCUT2D eigenvalue weighted by Gasteiger charge is 2.04. The zero-order valence-electron chi connectivity index (χ0n) is 11.6. The van der Waals surface area contributed by atoms with Gasteiger partial charge < -0.3 is 9.84 Å². The van der Waals surface area contributed by atoms with Crippen molar-refractivity contribution in [1.29, 1.82) is 0 Å². The van der Waals surface area contributed by atoms with E-state index in [0.717, 1.165) is 22.6 Å². The summed E-state index contributed by atoms with van der Waals surface area (Å²) in [5.74, 6) is -0.200. The number of nitrogens with zero attached hydrogens (tertiary/aromatic N) is 1. The summed E-state index contributed by atoms with van der Waals surface area (Å²) >= 11 is 1.56. The summed E-state index contributed by atoms with van der Waals surface area (Å²) in [4.78, 5) is 15.2. The minimum atomic E-state index is -0.936. The number of aromatic nitrogens is 1. The van der Waals surface area contributed by atoms with Gasteiger partial charge in [-0.1, -0.05) is 12.1 Å². The van der Waals surface area contributed by atoms with E-state index >= 15 is 0 Å². The Bertz CT molecular complexity index is 767. The summed E-state index contributed by atoms with van der Waals surface area (Å²) < 4.78 is 5.69. The van der Waals surface area contributed by atoms with Gasteiger partial charge in [-0.25, -0.2) is 9.78 Å². The number of thiazole rings is 1. The van der Waals surface area contributed by atoms with Crippen molar-refractivity contribution in [2.24, 2.45) is 0 Å². The van der Waals surface area contributed by atoms with Crippen LogP contribution in [-0.2, 0) is 6.61 Å². The van der Waals surface area contributed by atoms with Crippen molar-refractivity contribution in [1.82, 2.24) is 4.98 Å². The lowest BCUT2D eigenvalue weighted by Gasteiger charge is -2.07. The minimum absolute atomic E-state index is 0.264. The average molecular weight is 311 g/mol. The second-order valence-electron chi connectivity index (χ2n) is 4.69. The van der Waals surface area contributed by atoms with Crippen molar-refractivity contribution in [3.63, 3.8) is 0 Å². The van der Waals surface area contributed by atoms with Gasteiger partial charge in [-0.3, -0.25) is 0 Å². The van der Waals surface area contributed by atoms with Crippen LogP contribution in [0.2, 0.25) is 0 Å². The molecule has 2 aromatic carbocycles. The van der Waals surface area contributed by atoms with Crippen LogP contribution in [-0.4, -0.2) is 16.1 Å². The smallest absolute Gasteiger partial charge is 0.335 e. The van der Waals surface area contributed by atoms with Gasteiger partial charge in [-0.2, -0.15) is 0 Å². The van der Waals surface area contributed by atoms with Crippen LogP contribution >= 0.6 is 11.3 Å².